The molecule has 9 atom stereocenters. The quantitative estimate of drug-likeness (QED) is 0.203. The van der Waals surface area contributed by atoms with Crippen LogP contribution in [0.4, 0.5) is 0 Å². The molecule has 1 saturated heterocycles. The lowest BCUT2D eigenvalue weighted by molar-refractivity contribution is -0.155. The smallest absolute Gasteiger partial charge is 0.242 e. The number of carbonyl (C=O) groups is 4. The SMILES string of the molecule is CCC(C)C(C(CC(=O)N1CCC1C(OC)C(C)C(=O)N[C@H](C)C(O)c1ccccc1)OC)N(C)C(=O)CNC(=O)C(C(C)C)N(C)C. The van der Waals surface area contributed by atoms with Gasteiger partial charge < -0.3 is 35.0 Å². The molecular weight excluding hydrogens is 614 g/mol. The van der Waals surface area contributed by atoms with E-state index in [9.17, 15) is 24.3 Å². The van der Waals surface area contributed by atoms with Crippen molar-refractivity contribution in [3.05, 3.63) is 35.9 Å². The molecule has 0 aromatic heterocycles. The number of hydrogen-bond acceptors (Lipinski definition) is 8. The first-order chi connectivity index (χ1) is 22.6. The van der Waals surface area contributed by atoms with Crippen LogP contribution in [0.25, 0.3) is 0 Å². The summed E-state index contributed by atoms with van der Waals surface area (Å²) >= 11 is 0. The minimum absolute atomic E-state index is 0.00782. The molecule has 1 fully saturated rings. The van der Waals surface area contributed by atoms with Crippen LogP contribution in [-0.2, 0) is 28.7 Å². The van der Waals surface area contributed by atoms with Gasteiger partial charge in [-0.3, -0.25) is 24.1 Å². The van der Waals surface area contributed by atoms with E-state index in [4.69, 9.17) is 9.47 Å². The Hall–Kier alpha value is -3.06. The van der Waals surface area contributed by atoms with Crippen molar-refractivity contribution in [3.63, 3.8) is 0 Å². The molecule has 12 heteroatoms. The Morgan fingerprint density at radius 1 is 0.979 bits per heavy atom. The Labute approximate surface area is 287 Å². The molecular formula is C36H61N5O7. The highest BCUT2D eigenvalue weighted by Crippen LogP contribution is 2.30. The molecule has 1 aromatic rings. The lowest BCUT2D eigenvalue weighted by atomic mass is 9.86. The fourth-order valence-electron chi connectivity index (χ4n) is 6.84. The Balaban J connectivity index is 2.10. The van der Waals surface area contributed by atoms with Crippen molar-refractivity contribution >= 4 is 23.6 Å². The second kappa shape index (κ2) is 19.2. The number of rotatable bonds is 19. The lowest BCUT2D eigenvalue weighted by Crippen LogP contribution is -2.61. The number of carbonyl (C=O) groups excluding carboxylic acids is 4. The zero-order valence-electron chi connectivity index (χ0n) is 30.9. The molecule has 1 aromatic carbocycles. The van der Waals surface area contributed by atoms with Crippen LogP contribution < -0.4 is 10.6 Å². The number of nitrogens with zero attached hydrogens (tertiary/aromatic N) is 3. The maximum atomic E-state index is 13.8. The van der Waals surface area contributed by atoms with Gasteiger partial charge >= 0.3 is 0 Å². The Bertz CT molecular complexity index is 1170. The van der Waals surface area contributed by atoms with Crippen molar-refractivity contribution in [2.45, 2.75) is 103 Å². The van der Waals surface area contributed by atoms with E-state index < -0.39 is 36.3 Å². The predicted octanol–water partition coefficient (Wildman–Crippen LogP) is 2.46. The fraction of sp³-hybridized carbons (Fsp3) is 0.722. The molecule has 4 amide bonds. The Morgan fingerprint density at radius 3 is 2.08 bits per heavy atom. The third-order valence-corrected chi connectivity index (χ3v) is 9.93. The van der Waals surface area contributed by atoms with Crippen LogP contribution >= 0.6 is 0 Å². The van der Waals surface area contributed by atoms with Gasteiger partial charge in [0, 0.05) is 27.8 Å². The summed E-state index contributed by atoms with van der Waals surface area (Å²) in [4.78, 5) is 58.4. The summed E-state index contributed by atoms with van der Waals surface area (Å²) in [5.74, 6) is -1.40. The first-order valence-electron chi connectivity index (χ1n) is 17.2. The van der Waals surface area contributed by atoms with Gasteiger partial charge in [-0.2, -0.15) is 0 Å². The van der Waals surface area contributed by atoms with E-state index in [0.717, 1.165) is 6.42 Å². The van der Waals surface area contributed by atoms with E-state index >= 15 is 0 Å². The molecule has 0 spiro atoms. The fourth-order valence-corrected chi connectivity index (χ4v) is 6.84. The number of aliphatic hydroxyl groups excluding tert-OH is 1. The molecule has 0 saturated carbocycles. The van der Waals surface area contributed by atoms with Gasteiger partial charge in [-0.25, -0.2) is 0 Å². The van der Waals surface area contributed by atoms with Gasteiger partial charge in [0.1, 0.15) is 0 Å². The van der Waals surface area contributed by atoms with Gasteiger partial charge in [0.15, 0.2) is 0 Å². The highest BCUT2D eigenvalue weighted by Gasteiger charge is 2.44. The van der Waals surface area contributed by atoms with Crippen LogP contribution in [0.15, 0.2) is 30.3 Å². The second-order valence-corrected chi connectivity index (χ2v) is 13.8. The highest BCUT2D eigenvalue weighted by molar-refractivity contribution is 5.87. The Kier molecular flexibility index (Phi) is 16.5. The molecule has 8 unspecified atom stereocenters. The van der Waals surface area contributed by atoms with Crippen LogP contribution in [0, 0.1) is 17.8 Å². The Morgan fingerprint density at radius 2 is 1.60 bits per heavy atom. The topological polar surface area (TPSA) is 141 Å². The summed E-state index contributed by atoms with van der Waals surface area (Å²) in [6.45, 7) is 11.9. The molecule has 1 heterocycles. The van der Waals surface area contributed by atoms with Gasteiger partial charge in [0.05, 0.1) is 61.4 Å². The van der Waals surface area contributed by atoms with Crippen molar-refractivity contribution in [2.75, 3.05) is 48.5 Å². The van der Waals surface area contributed by atoms with Gasteiger partial charge in [-0.1, -0.05) is 71.4 Å². The minimum Gasteiger partial charge on any atom is -0.386 e. The second-order valence-electron chi connectivity index (χ2n) is 13.8. The third-order valence-electron chi connectivity index (χ3n) is 9.93. The number of methoxy groups -OCH3 is 2. The van der Waals surface area contributed by atoms with Crippen molar-refractivity contribution in [1.29, 1.82) is 0 Å². The first-order valence-corrected chi connectivity index (χ1v) is 17.2. The standard InChI is InChI=1S/C36H61N5O7/c1-12-23(4)32(40(9)30(43)21-37-36(46)31(22(2)3)39(7)8)28(47-10)20-29(42)41-19-18-27(41)34(48-11)24(5)35(45)38-25(6)33(44)26-16-14-13-15-17-26/h13-17,22-25,27-28,31-34,44H,12,18-21H2,1-11H3,(H,37,46)(H,38,45)/t23?,24?,25-,27?,28?,31?,32?,33?,34?/m1/s1. The lowest BCUT2D eigenvalue weighted by Gasteiger charge is -2.47. The summed E-state index contributed by atoms with van der Waals surface area (Å²) in [7, 11) is 8.44. The average molecular weight is 676 g/mol. The zero-order chi connectivity index (χ0) is 36.3. The molecule has 48 heavy (non-hydrogen) atoms. The molecule has 1 aliphatic rings. The highest BCUT2D eigenvalue weighted by atomic mass is 16.5. The summed E-state index contributed by atoms with van der Waals surface area (Å²) in [5, 5.41) is 16.4. The van der Waals surface area contributed by atoms with Gasteiger partial charge in [0.25, 0.3) is 0 Å². The summed E-state index contributed by atoms with van der Waals surface area (Å²) < 4.78 is 11.7. The number of ether oxygens (including phenoxy) is 2. The maximum absolute atomic E-state index is 13.8. The van der Waals surface area contributed by atoms with E-state index in [1.165, 1.54) is 7.11 Å². The van der Waals surface area contributed by atoms with E-state index in [1.54, 1.807) is 37.8 Å². The molecule has 3 N–H and O–H groups in total. The third kappa shape index (κ3) is 10.5. The van der Waals surface area contributed by atoms with E-state index in [1.807, 2.05) is 77.0 Å². The van der Waals surface area contributed by atoms with Crippen LogP contribution in [0.5, 0.6) is 0 Å². The van der Waals surface area contributed by atoms with Gasteiger partial charge in [-0.05, 0) is 44.8 Å². The van der Waals surface area contributed by atoms with E-state index in [-0.39, 0.29) is 60.5 Å². The van der Waals surface area contributed by atoms with Crippen molar-refractivity contribution < 1.29 is 33.8 Å². The number of hydrogen-bond donors (Lipinski definition) is 3. The summed E-state index contributed by atoms with van der Waals surface area (Å²) in [6.07, 6.45) is -0.546. The van der Waals surface area contributed by atoms with Crippen molar-refractivity contribution in [2.24, 2.45) is 17.8 Å². The summed E-state index contributed by atoms with van der Waals surface area (Å²) in [6, 6.07) is 7.54. The number of nitrogens with one attached hydrogen (secondary N) is 2. The molecule has 0 bridgehead atoms. The molecule has 272 valence electrons. The monoisotopic (exact) mass is 675 g/mol. The largest absolute Gasteiger partial charge is 0.386 e. The van der Waals surface area contributed by atoms with E-state index in [0.29, 0.717) is 18.5 Å². The van der Waals surface area contributed by atoms with Crippen molar-refractivity contribution in [1.82, 2.24) is 25.3 Å². The number of likely N-dealkylation sites (N-methyl/N-ethyl adjacent to an activating group) is 2. The maximum Gasteiger partial charge on any atom is 0.242 e. The molecule has 1 aliphatic heterocycles. The van der Waals surface area contributed by atoms with Gasteiger partial charge in [0.2, 0.25) is 23.6 Å². The molecule has 0 radical (unpaired) electrons. The number of amides is 4. The zero-order valence-corrected chi connectivity index (χ0v) is 30.9. The normalized spacial score (nSPS) is 19.7. The van der Waals surface area contributed by atoms with Crippen LogP contribution in [0.1, 0.15) is 72.5 Å². The number of aliphatic hydroxyl groups is 1. The van der Waals surface area contributed by atoms with Crippen molar-refractivity contribution in [3.8, 4) is 0 Å². The predicted molar refractivity (Wildman–Crippen MR) is 186 cm³/mol. The molecule has 0 aliphatic carbocycles. The van der Waals surface area contributed by atoms with Gasteiger partial charge in [-0.15, -0.1) is 0 Å². The summed E-state index contributed by atoms with van der Waals surface area (Å²) in [5.41, 5.74) is 0.710. The number of likely N-dealkylation sites (tertiary alicyclic amines) is 1. The average Bonchev–Trinajstić information content (AvgIpc) is 3.03. The number of benzene rings is 1. The molecule has 12 nitrogen and oxygen atoms in total. The van der Waals surface area contributed by atoms with Crippen LogP contribution in [-0.4, -0.2) is 128 Å². The van der Waals surface area contributed by atoms with Crippen LogP contribution in [0.3, 0.4) is 0 Å². The van der Waals surface area contributed by atoms with Crippen LogP contribution in [0.2, 0.25) is 0 Å². The molecule has 2 rings (SSSR count). The minimum atomic E-state index is -0.870. The van der Waals surface area contributed by atoms with E-state index in [2.05, 4.69) is 10.6 Å². The first kappa shape index (κ1) is 41.1.